The van der Waals surface area contributed by atoms with Crippen LogP contribution in [0, 0.1) is 15.9 Å². The molecule has 1 N–H and O–H groups in total. The van der Waals surface area contributed by atoms with Crippen molar-refractivity contribution in [3.05, 3.63) is 39.7 Å². The van der Waals surface area contributed by atoms with Gasteiger partial charge in [-0.15, -0.1) is 0 Å². The molecule has 0 saturated carbocycles. The summed E-state index contributed by atoms with van der Waals surface area (Å²) in [5, 5.41) is 13.3. The molecule has 0 unspecified atom stereocenters. The molecule has 0 aliphatic heterocycles. The van der Waals surface area contributed by atoms with Crippen LogP contribution < -0.4 is 5.32 Å². The van der Waals surface area contributed by atoms with Crippen LogP contribution in [-0.2, 0) is 6.42 Å². The zero-order valence-electron chi connectivity index (χ0n) is 7.79. The molecule has 0 bridgehead atoms. The monoisotopic (exact) mass is 198 g/mol. The lowest BCUT2D eigenvalue weighted by molar-refractivity contribution is -0.387. The van der Waals surface area contributed by atoms with Crippen molar-refractivity contribution in [2.75, 3.05) is 13.6 Å². The summed E-state index contributed by atoms with van der Waals surface area (Å²) in [5.41, 5.74) is 0.297. The quantitative estimate of drug-likeness (QED) is 0.589. The van der Waals surface area contributed by atoms with Crippen LogP contribution in [0.15, 0.2) is 18.2 Å². The Morgan fingerprint density at radius 2 is 2.29 bits per heavy atom. The zero-order valence-corrected chi connectivity index (χ0v) is 7.79. The number of nitro benzene ring substituents is 1. The second-order valence-electron chi connectivity index (χ2n) is 2.90. The van der Waals surface area contributed by atoms with Gasteiger partial charge < -0.3 is 5.32 Å². The third kappa shape index (κ3) is 2.50. The molecule has 0 spiro atoms. The van der Waals surface area contributed by atoms with Crippen molar-refractivity contribution in [2.45, 2.75) is 6.42 Å². The van der Waals surface area contributed by atoms with E-state index in [4.69, 9.17) is 0 Å². The highest BCUT2D eigenvalue weighted by molar-refractivity contribution is 5.36. The summed E-state index contributed by atoms with van der Waals surface area (Å²) in [6.45, 7) is 0.711. The molecular formula is C9H11FN2O2. The van der Waals surface area contributed by atoms with E-state index >= 15 is 0 Å². The Labute approximate surface area is 80.9 Å². The number of halogens is 1. The van der Waals surface area contributed by atoms with Crippen LogP contribution >= 0.6 is 0 Å². The Hall–Kier alpha value is -1.49. The molecule has 1 aromatic rings. The van der Waals surface area contributed by atoms with Gasteiger partial charge in [0.05, 0.1) is 4.92 Å². The summed E-state index contributed by atoms with van der Waals surface area (Å²) in [6.07, 6.45) is 0.650. The third-order valence-electron chi connectivity index (χ3n) is 1.87. The van der Waals surface area contributed by atoms with Crippen molar-refractivity contribution in [2.24, 2.45) is 0 Å². The van der Waals surface area contributed by atoms with E-state index in [1.165, 1.54) is 6.07 Å². The second-order valence-corrected chi connectivity index (χ2v) is 2.90. The largest absolute Gasteiger partial charge is 0.319 e. The van der Waals surface area contributed by atoms with E-state index in [-0.39, 0.29) is 0 Å². The molecule has 0 aromatic heterocycles. The summed E-state index contributed by atoms with van der Waals surface area (Å²) >= 11 is 0. The van der Waals surface area contributed by atoms with Gasteiger partial charge in [0.2, 0.25) is 5.82 Å². The van der Waals surface area contributed by atoms with Crippen LogP contribution in [0.4, 0.5) is 10.1 Å². The fourth-order valence-corrected chi connectivity index (χ4v) is 1.12. The predicted octanol–water partition coefficient (Wildman–Crippen LogP) is 1.50. The molecule has 5 heteroatoms. The summed E-state index contributed by atoms with van der Waals surface area (Å²) in [4.78, 5) is 9.69. The van der Waals surface area contributed by atoms with Gasteiger partial charge in [0.25, 0.3) is 0 Å². The number of nitrogens with zero attached hydrogens (tertiary/aromatic N) is 1. The fraction of sp³-hybridized carbons (Fsp3) is 0.333. The lowest BCUT2D eigenvalue weighted by atomic mass is 10.1. The van der Waals surface area contributed by atoms with Gasteiger partial charge in [-0.1, -0.05) is 6.07 Å². The molecule has 76 valence electrons. The number of hydrogen-bond acceptors (Lipinski definition) is 3. The summed E-state index contributed by atoms with van der Waals surface area (Å²) in [6, 6.07) is 3.95. The van der Waals surface area contributed by atoms with Crippen LogP contribution in [0.5, 0.6) is 0 Å². The predicted molar refractivity (Wildman–Crippen MR) is 50.7 cm³/mol. The zero-order chi connectivity index (χ0) is 10.6. The van der Waals surface area contributed by atoms with Crippen molar-refractivity contribution in [1.82, 2.24) is 5.32 Å². The van der Waals surface area contributed by atoms with Gasteiger partial charge in [0, 0.05) is 6.07 Å². The molecule has 14 heavy (non-hydrogen) atoms. The van der Waals surface area contributed by atoms with Crippen molar-refractivity contribution >= 4 is 5.69 Å². The number of likely N-dealkylation sites (N-methyl/N-ethyl adjacent to an activating group) is 1. The Bertz CT molecular complexity index is 342. The summed E-state index contributed by atoms with van der Waals surface area (Å²) in [7, 11) is 1.79. The normalized spacial score (nSPS) is 10.1. The number of rotatable bonds is 4. The minimum absolute atomic E-state index is 0.460. The maximum Gasteiger partial charge on any atom is 0.305 e. The van der Waals surface area contributed by atoms with Gasteiger partial charge in [-0.25, -0.2) is 0 Å². The average Bonchev–Trinajstić information content (AvgIpc) is 2.16. The van der Waals surface area contributed by atoms with Crippen molar-refractivity contribution in [1.29, 1.82) is 0 Å². The standard InChI is InChI=1S/C9H11FN2O2/c1-11-5-4-7-2-3-8(10)9(6-7)12(13)14/h2-3,6,11H,4-5H2,1H3. The van der Waals surface area contributed by atoms with E-state index in [0.29, 0.717) is 13.0 Å². The number of benzene rings is 1. The van der Waals surface area contributed by atoms with E-state index < -0.39 is 16.4 Å². The van der Waals surface area contributed by atoms with Gasteiger partial charge in [-0.05, 0) is 31.6 Å². The molecule has 1 rings (SSSR count). The SMILES string of the molecule is CNCCc1ccc(F)c([N+](=O)[O-])c1. The molecule has 0 heterocycles. The van der Waals surface area contributed by atoms with Gasteiger partial charge in [0.1, 0.15) is 0 Å². The van der Waals surface area contributed by atoms with Gasteiger partial charge in [-0.2, -0.15) is 4.39 Å². The molecule has 0 aliphatic carbocycles. The highest BCUT2D eigenvalue weighted by Gasteiger charge is 2.13. The Morgan fingerprint density at radius 3 is 2.86 bits per heavy atom. The van der Waals surface area contributed by atoms with Crippen LogP contribution in [0.3, 0.4) is 0 Å². The fourth-order valence-electron chi connectivity index (χ4n) is 1.12. The van der Waals surface area contributed by atoms with E-state index in [1.54, 1.807) is 13.1 Å². The van der Waals surface area contributed by atoms with Crippen molar-refractivity contribution in [3.63, 3.8) is 0 Å². The molecule has 0 radical (unpaired) electrons. The minimum Gasteiger partial charge on any atom is -0.319 e. The van der Waals surface area contributed by atoms with Crippen molar-refractivity contribution < 1.29 is 9.31 Å². The Kier molecular flexibility index (Phi) is 3.53. The topological polar surface area (TPSA) is 55.2 Å². The Balaban J connectivity index is 2.89. The smallest absolute Gasteiger partial charge is 0.305 e. The van der Waals surface area contributed by atoms with Crippen LogP contribution in [0.25, 0.3) is 0 Å². The van der Waals surface area contributed by atoms with Crippen molar-refractivity contribution in [3.8, 4) is 0 Å². The van der Waals surface area contributed by atoms with Crippen LogP contribution in [0.1, 0.15) is 5.56 Å². The Morgan fingerprint density at radius 1 is 1.57 bits per heavy atom. The van der Waals surface area contributed by atoms with Gasteiger partial charge in [0.15, 0.2) is 0 Å². The molecular weight excluding hydrogens is 187 g/mol. The maximum atomic E-state index is 12.9. The average molecular weight is 198 g/mol. The van der Waals surface area contributed by atoms with E-state index in [1.807, 2.05) is 0 Å². The number of nitrogens with one attached hydrogen (secondary N) is 1. The number of hydrogen-bond donors (Lipinski definition) is 1. The highest BCUT2D eigenvalue weighted by Crippen LogP contribution is 2.18. The first-order valence-electron chi connectivity index (χ1n) is 4.22. The molecule has 4 nitrogen and oxygen atoms in total. The summed E-state index contributed by atoms with van der Waals surface area (Å²) < 4.78 is 12.9. The van der Waals surface area contributed by atoms with E-state index in [9.17, 15) is 14.5 Å². The first kappa shape index (κ1) is 10.6. The van der Waals surface area contributed by atoms with Crippen LogP contribution in [-0.4, -0.2) is 18.5 Å². The van der Waals surface area contributed by atoms with Gasteiger partial charge >= 0.3 is 5.69 Å². The molecule has 0 amide bonds. The lowest BCUT2D eigenvalue weighted by Gasteiger charge is -2.00. The van der Waals surface area contributed by atoms with Crippen LogP contribution in [0.2, 0.25) is 0 Å². The van der Waals surface area contributed by atoms with E-state index in [2.05, 4.69) is 5.32 Å². The van der Waals surface area contributed by atoms with Gasteiger partial charge in [-0.3, -0.25) is 10.1 Å². The molecule has 1 aromatic carbocycles. The molecule has 0 aliphatic rings. The minimum atomic E-state index is -0.789. The highest BCUT2D eigenvalue weighted by atomic mass is 19.1. The first-order chi connectivity index (χ1) is 6.65. The number of nitro groups is 1. The first-order valence-corrected chi connectivity index (χ1v) is 4.22. The maximum absolute atomic E-state index is 12.9. The van der Waals surface area contributed by atoms with E-state index in [0.717, 1.165) is 11.6 Å². The third-order valence-corrected chi connectivity index (χ3v) is 1.87. The lowest BCUT2D eigenvalue weighted by Crippen LogP contribution is -2.10. The molecule has 0 atom stereocenters. The summed E-state index contributed by atoms with van der Waals surface area (Å²) in [5.74, 6) is -0.789. The molecule has 0 fully saturated rings. The second kappa shape index (κ2) is 4.66. The molecule has 0 saturated heterocycles.